The molecule has 0 radical (unpaired) electrons. The van der Waals surface area contributed by atoms with Gasteiger partial charge in [-0.1, -0.05) is 28.9 Å². The van der Waals surface area contributed by atoms with E-state index in [9.17, 15) is 0 Å². The monoisotopic (exact) mass is 324 g/mol. The van der Waals surface area contributed by atoms with E-state index in [0.717, 1.165) is 11.8 Å². The third-order valence-corrected chi connectivity index (χ3v) is 8.43. The van der Waals surface area contributed by atoms with Gasteiger partial charge in [-0.2, -0.15) is 0 Å². The summed E-state index contributed by atoms with van der Waals surface area (Å²) in [6.45, 7) is 2.56. The highest BCUT2D eigenvalue weighted by Crippen LogP contribution is 2.69. The van der Waals surface area contributed by atoms with Crippen LogP contribution in [0.5, 0.6) is 0 Å². The topological polar surface area (TPSA) is 0 Å². The van der Waals surface area contributed by atoms with Gasteiger partial charge in [0.25, 0.3) is 0 Å². The van der Waals surface area contributed by atoms with Crippen molar-refractivity contribution in [2.45, 2.75) is 50.3 Å². The van der Waals surface area contributed by atoms with Gasteiger partial charge in [-0.25, -0.2) is 0 Å². The number of halogens is 1. The molecular weight excluding hydrogens is 304 g/mol. The van der Waals surface area contributed by atoms with E-state index in [1.165, 1.54) is 38.5 Å². The summed E-state index contributed by atoms with van der Waals surface area (Å²) in [5, 5.41) is 2.23. The Morgan fingerprint density at radius 1 is 1.28 bits per heavy atom. The van der Waals surface area contributed by atoms with Crippen LogP contribution in [0.15, 0.2) is 17.5 Å². The van der Waals surface area contributed by atoms with Gasteiger partial charge in [-0.3, -0.25) is 0 Å². The molecule has 1 aromatic heterocycles. The molecule has 1 aromatic rings. The molecule has 0 amide bonds. The van der Waals surface area contributed by atoms with Crippen molar-refractivity contribution in [3.8, 4) is 0 Å². The van der Waals surface area contributed by atoms with Crippen molar-refractivity contribution in [3.63, 3.8) is 0 Å². The quantitative estimate of drug-likeness (QED) is 0.604. The first-order valence-electron chi connectivity index (χ1n) is 7.26. The maximum absolute atomic E-state index is 4.09. The zero-order valence-electron chi connectivity index (χ0n) is 11.0. The average Bonchev–Trinajstić information content (AvgIpc) is 2.77. The van der Waals surface area contributed by atoms with E-state index in [4.69, 9.17) is 0 Å². The van der Waals surface area contributed by atoms with Gasteiger partial charge in [0.2, 0.25) is 0 Å². The fourth-order valence-electron chi connectivity index (χ4n) is 5.83. The first-order valence-corrected chi connectivity index (χ1v) is 9.06. The predicted molar refractivity (Wildman–Crippen MR) is 81.2 cm³/mol. The molecule has 5 rings (SSSR count). The van der Waals surface area contributed by atoms with E-state index in [1.807, 2.05) is 11.3 Å². The Morgan fingerprint density at radius 2 is 2.00 bits per heavy atom. The van der Waals surface area contributed by atoms with Gasteiger partial charge in [0.05, 0.1) is 4.83 Å². The molecule has 18 heavy (non-hydrogen) atoms. The van der Waals surface area contributed by atoms with Crippen molar-refractivity contribution in [2.24, 2.45) is 22.7 Å². The summed E-state index contributed by atoms with van der Waals surface area (Å²) in [7, 11) is 0. The maximum atomic E-state index is 4.09. The van der Waals surface area contributed by atoms with Crippen LogP contribution in [-0.2, 0) is 0 Å². The molecule has 0 saturated heterocycles. The molecule has 0 aromatic carbocycles. The summed E-state index contributed by atoms with van der Waals surface area (Å²) in [5.74, 6) is 2.05. The zero-order chi connectivity index (χ0) is 12.4. The zero-order valence-corrected chi connectivity index (χ0v) is 13.4. The fourth-order valence-corrected chi connectivity index (χ4v) is 7.68. The Kier molecular flexibility index (Phi) is 2.56. The average molecular weight is 325 g/mol. The third-order valence-electron chi connectivity index (χ3n) is 5.73. The van der Waals surface area contributed by atoms with E-state index in [0.29, 0.717) is 15.7 Å². The van der Waals surface area contributed by atoms with Crippen LogP contribution in [0.1, 0.15) is 55.2 Å². The van der Waals surface area contributed by atoms with E-state index in [-0.39, 0.29) is 0 Å². The minimum atomic E-state index is 0.573. The maximum Gasteiger partial charge on any atom is 0.0545 e. The highest BCUT2D eigenvalue weighted by molar-refractivity contribution is 9.09. The molecule has 0 nitrogen and oxygen atoms in total. The molecular formula is C16H21BrS. The van der Waals surface area contributed by atoms with Crippen molar-refractivity contribution in [3.05, 3.63) is 22.4 Å². The van der Waals surface area contributed by atoms with Crippen LogP contribution in [0.2, 0.25) is 0 Å². The number of alkyl halides is 1. The molecule has 3 unspecified atom stereocenters. The molecule has 3 atom stereocenters. The summed E-state index contributed by atoms with van der Waals surface area (Å²) in [6, 6.07) is 4.53. The molecule has 0 aliphatic heterocycles. The normalized spacial score (nSPS) is 47.4. The van der Waals surface area contributed by atoms with Crippen LogP contribution < -0.4 is 0 Å². The highest BCUT2D eigenvalue weighted by Gasteiger charge is 2.58. The van der Waals surface area contributed by atoms with Gasteiger partial charge in [-0.05, 0) is 72.6 Å². The number of hydrogen-bond acceptors (Lipinski definition) is 1. The lowest BCUT2D eigenvalue weighted by Gasteiger charge is -2.62. The van der Waals surface area contributed by atoms with Gasteiger partial charge < -0.3 is 0 Å². The molecule has 4 aliphatic carbocycles. The number of hydrogen-bond donors (Lipinski definition) is 0. The molecule has 1 heterocycles. The van der Waals surface area contributed by atoms with Crippen molar-refractivity contribution >= 4 is 27.3 Å². The summed E-state index contributed by atoms with van der Waals surface area (Å²) in [4.78, 5) is 2.16. The molecule has 4 bridgehead atoms. The lowest BCUT2D eigenvalue weighted by atomic mass is 9.44. The Bertz CT molecular complexity index is 436. The summed E-state index contributed by atoms with van der Waals surface area (Å²) < 4.78 is 0. The third kappa shape index (κ3) is 1.67. The summed E-state index contributed by atoms with van der Waals surface area (Å²) in [5.41, 5.74) is 1.23. The standard InChI is InChI=1S/C16H21BrS/c1-15-6-11-5-12(7-15)9-16(8-11,10-15)14(17)13-3-2-4-18-13/h2-4,11-12,14H,5-10H2,1H3. The highest BCUT2D eigenvalue weighted by atomic mass is 79.9. The molecule has 4 saturated carbocycles. The second-order valence-electron chi connectivity index (χ2n) is 7.51. The fraction of sp³-hybridized carbons (Fsp3) is 0.750. The van der Waals surface area contributed by atoms with Gasteiger partial charge in [-0.15, -0.1) is 11.3 Å². The van der Waals surface area contributed by atoms with Crippen LogP contribution in [0.4, 0.5) is 0 Å². The van der Waals surface area contributed by atoms with Crippen molar-refractivity contribution in [1.82, 2.24) is 0 Å². The van der Waals surface area contributed by atoms with Gasteiger partial charge >= 0.3 is 0 Å². The minimum Gasteiger partial charge on any atom is -0.148 e. The summed E-state index contributed by atoms with van der Waals surface area (Å²) in [6.07, 6.45) is 8.97. The van der Waals surface area contributed by atoms with Crippen LogP contribution >= 0.6 is 27.3 Å². The van der Waals surface area contributed by atoms with Crippen LogP contribution in [0, 0.1) is 22.7 Å². The summed E-state index contributed by atoms with van der Waals surface area (Å²) >= 11 is 6.02. The Hall–Kier alpha value is 0.180. The van der Waals surface area contributed by atoms with Crippen LogP contribution in [0.25, 0.3) is 0 Å². The first-order chi connectivity index (χ1) is 8.59. The molecule has 4 aliphatic rings. The smallest absolute Gasteiger partial charge is 0.0545 e. The van der Waals surface area contributed by atoms with Gasteiger partial charge in [0.15, 0.2) is 0 Å². The molecule has 4 fully saturated rings. The SMILES string of the molecule is CC12CC3CC(C1)CC(C(Br)c1cccs1)(C3)C2. The van der Waals surface area contributed by atoms with Crippen molar-refractivity contribution in [2.75, 3.05) is 0 Å². The van der Waals surface area contributed by atoms with Crippen LogP contribution in [-0.4, -0.2) is 0 Å². The minimum absolute atomic E-state index is 0.573. The van der Waals surface area contributed by atoms with Crippen LogP contribution in [0.3, 0.4) is 0 Å². The number of thiophene rings is 1. The first kappa shape index (κ1) is 12.0. The van der Waals surface area contributed by atoms with Gasteiger partial charge in [0.1, 0.15) is 0 Å². The van der Waals surface area contributed by atoms with Crippen molar-refractivity contribution in [1.29, 1.82) is 0 Å². The second-order valence-corrected chi connectivity index (χ2v) is 9.41. The predicted octanol–water partition coefficient (Wildman–Crippen LogP) is 5.79. The van der Waals surface area contributed by atoms with E-state index in [1.54, 1.807) is 4.88 Å². The molecule has 0 N–H and O–H groups in total. The van der Waals surface area contributed by atoms with Crippen molar-refractivity contribution < 1.29 is 0 Å². The Balaban J connectivity index is 1.71. The molecule has 98 valence electrons. The lowest BCUT2D eigenvalue weighted by molar-refractivity contribution is -0.101. The van der Waals surface area contributed by atoms with E-state index < -0.39 is 0 Å². The largest absolute Gasteiger partial charge is 0.148 e. The number of rotatable bonds is 2. The lowest BCUT2D eigenvalue weighted by Crippen LogP contribution is -2.52. The molecule has 2 heteroatoms. The van der Waals surface area contributed by atoms with E-state index >= 15 is 0 Å². The Labute approximate surface area is 122 Å². The van der Waals surface area contributed by atoms with E-state index in [2.05, 4.69) is 40.4 Å². The second kappa shape index (κ2) is 3.85. The van der Waals surface area contributed by atoms with Gasteiger partial charge in [0, 0.05) is 4.88 Å². The Morgan fingerprint density at radius 3 is 2.56 bits per heavy atom. The molecule has 0 spiro atoms.